The molecule has 19 heavy (non-hydrogen) atoms. The molecule has 1 atom stereocenters. The van der Waals surface area contributed by atoms with Gasteiger partial charge in [0.1, 0.15) is 0 Å². The Kier molecular flexibility index (Phi) is 5.08. The smallest absolute Gasteiger partial charge is 0.161 e. The van der Waals surface area contributed by atoms with E-state index in [2.05, 4.69) is 24.4 Å². The molecule has 3 heteroatoms. The predicted molar refractivity (Wildman–Crippen MR) is 78.3 cm³/mol. The Morgan fingerprint density at radius 1 is 1.11 bits per heavy atom. The molecule has 0 radical (unpaired) electrons. The van der Waals surface area contributed by atoms with E-state index in [1.807, 2.05) is 0 Å². The zero-order valence-corrected chi connectivity index (χ0v) is 12.3. The summed E-state index contributed by atoms with van der Waals surface area (Å²) in [4.78, 5) is 0. The standard InChI is InChI=1S/C16H25NO2/c1-4-12-10-15(18-2)16(19-3)11-13(12)9-14-7-5-6-8-17-14/h10-11,14,17H,4-9H2,1-3H3. The molecule has 1 heterocycles. The van der Waals surface area contributed by atoms with Crippen LogP contribution in [0.3, 0.4) is 0 Å². The van der Waals surface area contributed by atoms with Crippen molar-refractivity contribution in [1.29, 1.82) is 0 Å². The maximum atomic E-state index is 5.42. The van der Waals surface area contributed by atoms with Gasteiger partial charge in [0.2, 0.25) is 0 Å². The molecule has 1 aromatic rings. The Balaban J connectivity index is 2.21. The normalized spacial score (nSPS) is 19.2. The first-order chi connectivity index (χ1) is 9.28. The molecule has 3 nitrogen and oxygen atoms in total. The Hall–Kier alpha value is -1.22. The van der Waals surface area contributed by atoms with Crippen LogP contribution in [0.1, 0.15) is 37.3 Å². The quantitative estimate of drug-likeness (QED) is 0.886. The zero-order chi connectivity index (χ0) is 13.7. The first kappa shape index (κ1) is 14.2. The Bertz CT molecular complexity index is 411. The van der Waals surface area contributed by atoms with Crippen molar-refractivity contribution in [2.75, 3.05) is 20.8 Å². The molecular formula is C16H25NO2. The molecule has 0 aromatic heterocycles. The van der Waals surface area contributed by atoms with Gasteiger partial charge in [-0.2, -0.15) is 0 Å². The highest BCUT2D eigenvalue weighted by atomic mass is 16.5. The van der Waals surface area contributed by atoms with E-state index < -0.39 is 0 Å². The third-order valence-corrected chi connectivity index (χ3v) is 3.97. The van der Waals surface area contributed by atoms with Crippen LogP contribution in [-0.2, 0) is 12.8 Å². The Morgan fingerprint density at radius 3 is 2.32 bits per heavy atom. The van der Waals surface area contributed by atoms with Crippen LogP contribution in [0.2, 0.25) is 0 Å². The van der Waals surface area contributed by atoms with Crippen molar-refractivity contribution >= 4 is 0 Å². The topological polar surface area (TPSA) is 30.5 Å². The molecule has 1 fully saturated rings. The van der Waals surface area contributed by atoms with E-state index >= 15 is 0 Å². The third kappa shape index (κ3) is 3.41. The fourth-order valence-electron chi connectivity index (χ4n) is 2.85. The van der Waals surface area contributed by atoms with E-state index in [-0.39, 0.29) is 0 Å². The van der Waals surface area contributed by atoms with E-state index in [9.17, 15) is 0 Å². The van der Waals surface area contributed by atoms with Gasteiger partial charge in [-0.15, -0.1) is 0 Å². The summed E-state index contributed by atoms with van der Waals surface area (Å²) in [5.41, 5.74) is 2.75. The average molecular weight is 263 g/mol. The highest BCUT2D eigenvalue weighted by molar-refractivity contribution is 5.47. The van der Waals surface area contributed by atoms with Gasteiger partial charge in [0.15, 0.2) is 11.5 Å². The van der Waals surface area contributed by atoms with Gasteiger partial charge >= 0.3 is 0 Å². The lowest BCUT2D eigenvalue weighted by molar-refractivity contribution is 0.353. The monoisotopic (exact) mass is 263 g/mol. The van der Waals surface area contributed by atoms with Crippen LogP contribution < -0.4 is 14.8 Å². The first-order valence-electron chi connectivity index (χ1n) is 7.25. The molecule has 1 N–H and O–H groups in total. The molecule has 1 aliphatic heterocycles. The van der Waals surface area contributed by atoms with Crippen LogP contribution in [-0.4, -0.2) is 26.8 Å². The van der Waals surface area contributed by atoms with Gasteiger partial charge in [0, 0.05) is 6.04 Å². The predicted octanol–water partition coefficient (Wildman–Crippen LogP) is 2.95. The number of hydrogen-bond donors (Lipinski definition) is 1. The molecule has 2 rings (SSSR count). The molecular weight excluding hydrogens is 238 g/mol. The third-order valence-electron chi connectivity index (χ3n) is 3.97. The van der Waals surface area contributed by atoms with Gasteiger partial charge in [-0.05, 0) is 55.5 Å². The van der Waals surface area contributed by atoms with E-state index in [1.165, 1.54) is 30.4 Å². The number of rotatable bonds is 5. The number of aryl methyl sites for hydroxylation is 1. The second kappa shape index (κ2) is 6.80. The number of ether oxygens (including phenoxy) is 2. The summed E-state index contributed by atoms with van der Waals surface area (Å²) < 4.78 is 10.8. The average Bonchev–Trinajstić information content (AvgIpc) is 2.47. The number of hydrogen-bond acceptors (Lipinski definition) is 3. The van der Waals surface area contributed by atoms with Crippen molar-refractivity contribution in [3.8, 4) is 11.5 Å². The van der Waals surface area contributed by atoms with Crippen LogP contribution in [0.15, 0.2) is 12.1 Å². The molecule has 0 bridgehead atoms. The fourth-order valence-corrected chi connectivity index (χ4v) is 2.85. The Morgan fingerprint density at radius 2 is 1.79 bits per heavy atom. The van der Waals surface area contributed by atoms with Crippen LogP contribution in [0, 0.1) is 0 Å². The molecule has 1 aliphatic rings. The van der Waals surface area contributed by atoms with Crippen molar-refractivity contribution in [2.45, 2.75) is 45.1 Å². The molecule has 0 spiro atoms. The Labute approximate surface area is 116 Å². The van der Waals surface area contributed by atoms with E-state index in [4.69, 9.17) is 9.47 Å². The number of methoxy groups -OCH3 is 2. The van der Waals surface area contributed by atoms with Gasteiger partial charge in [-0.1, -0.05) is 13.3 Å². The van der Waals surface area contributed by atoms with Gasteiger partial charge in [0.25, 0.3) is 0 Å². The molecule has 1 saturated heterocycles. The molecule has 0 amide bonds. The summed E-state index contributed by atoms with van der Waals surface area (Å²) in [6.45, 7) is 3.35. The highest BCUT2D eigenvalue weighted by Crippen LogP contribution is 2.31. The maximum absolute atomic E-state index is 5.42. The fraction of sp³-hybridized carbons (Fsp3) is 0.625. The van der Waals surface area contributed by atoms with Gasteiger partial charge < -0.3 is 14.8 Å². The number of piperidine rings is 1. The second-order valence-corrected chi connectivity index (χ2v) is 5.18. The lowest BCUT2D eigenvalue weighted by Crippen LogP contribution is -2.35. The van der Waals surface area contributed by atoms with E-state index in [0.717, 1.165) is 30.9 Å². The lowest BCUT2D eigenvalue weighted by Gasteiger charge is -2.25. The highest BCUT2D eigenvalue weighted by Gasteiger charge is 2.16. The first-order valence-corrected chi connectivity index (χ1v) is 7.25. The summed E-state index contributed by atoms with van der Waals surface area (Å²) in [5.74, 6) is 1.67. The minimum absolute atomic E-state index is 0.608. The lowest BCUT2D eigenvalue weighted by atomic mass is 9.93. The van der Waals surface area contributed by atoms with E-state index in [1.54, 1.807) is 14.2 Å². The van der Waals surface area contributed by atoms with Crippen molar-refractivity contribution in [3.05, 3.63) is 23.3 Å². The van der Waals surface area contributed by atoms with Crippen molar-refractivity contribution in [3.63, 3.8) is 0 Å². The summed E-state index contributed by atoms with van der Waals surface area (Å²) >= 11 is 0. The van der Waals surface area contributed by atoms with Crippen LogP contribution >= 0.6 is 0 Å². The number of nitrogens with one attached hydrogen (secondary N) is 1. The number of benzene rings is 1. The van der Waals surface area contributed by atoms with Crippen LogP contribution in [0.5, 0.6) is 11.5 Å². The summed E-state index contributed by atoms with van der Waals surface area (Å²) in [5, 5.41) is 3.61. The van der Waals surface area contributed by atoms with Crippen LogP contribution in [0.4, 0.5) is 0 Å². The van der Waals surface area contributed by atoms with Gasteiger partial charge in [-0.25, -0.2) is 0 Å². The SMILES string of the molecule is CCc1cc(OC)c(OC)cc1CC1CCCCN1. The van der Waals surface area contributed by atoms with Gasteiger partial charge in [-0.3, -0.25) is 0 Å². The van der Waals surface area contributed by atoms with Crippen molar-refractivity contribution in [2.24, 2.45) is 0 Å². The van der Waals surface area contributed by atoms with Crippen molar-refractivity contribution < 1.29 is 9.47 Å². The summed E-state index contributed by atoms with van der Waals surface area (Å²) in [6, 6.07) is 4.88. The van der Waals surface area contributed by atoms with E-state index in [0.29, 0.717) is 6.04 Å². The molecule has 1 unspecified atom stereocenters. The minimum Gasteiger partial charge on any atom is -0.493 e. The minimum atomic E-state index is 0.608. The molecule has 0 aliphatic carbocycles. The summed E-state index contributed by atoms with van der Waals surface area (Å²) in [6.07, 6.45) is 6.04. The largest absolute Gasteiger partial charge is 0.493 e. The summed E-state index contributed by atoms with van der Waals surface area (Å²) in [7, 11) is 3.39. The maximum Gasteiger partial charge on any atom is 0.161 e. The molecule has 0 saturated carbocycles. The molecule has 1 aromatic carbocycles. The molecule has 106 valence electrons. The zero-order valence-electron chi connectivity index (χ0n) is 12.3. The van der Waals surface area contributed by atoms with Crippen molar-refractivity contribution in [1.82, 2.24) is 5.32 Å². The van der Waals surface area contributed by atoms with Gasteiger partial charge in [0.05, 0.1) is 14.2 Å². The van der Waals surface area contributed by atoms with Crippen LogP contribution in [0.25, 0.3) is 0 Å². The second-order valence-electron chi connectivity index (χ2n) is 5.18.